The number of nitrogens with one attached hydrogen (secondary N) is 1. The van der Waals surface area contributed by atoms with E-state index < -0.39 is 0 Å². The molecule has 1 heterocycles. The molecule has 0 bridgehead atoms. The normalized spacial score (nSPS) is 13.2. The van der Waals surface area contributed by atoms with Gasteiger partial charge in [-0.3, -0.25) is 4.79 Å². The number of methoxy groups -OCH3 is 1. The fourth-order valence-corrected chi connectivity index (χ4v) is 3.51. The third kappa shape index (κ3) is 6.66. The van der Waals surface area contributed by atoms with Gasteiger partial charge in [-0.1, -0.05) is 41.6 Å². The van der Waals surface area contributed by atoms with Crippen molar-refractivity contribution in [2.45, 2.75) is 19.6 Å². The number of amides is 1. The number of nitrogens with zero attached hydrogens (tertiary/aromatic N) is 1. The summed E-state index contributed by atoms with van der Waals surface area (Å²) in [5.41, 5.74) is 2.72. The van der Waals surface area contributed by atoms with Gasteiger partial charge >= 0.3 is 0 Å². The van der Waals surface area contributed by atoms with Gasteiger partial charge in [-0.15, -0.1) is 0 Å². The molecule has 0 fully saturated rings. The average molecular weight is 477 g/mol. The summed E-state index contributed by atoms with van der Waals surface area (Å²) >= 11 is 0. The lowest BCUT2D eigenvalue weighted by Gasteiger charge is -2.21. The predicted molar refractivity (Wildman–Crippen MR) is 131 cm³/mol. The Balaban J connectivity index is 1.25. The van der Waals surface area contributed by atoms with Gasteiger partial charge in [0.05, 0.1) is 19.4 Å². The summed E-state index contributed by atoms with van der Waals surface area (Å²) in [6.45, 7) is 3.17. The van der Waals surface area contributed by atoms with E-state index in [2.05, 4.69) is 10.5 Å². The van der Waals surface area contributed by atoms with Crippen molar-refractivity contribution in [1.29, 1.82) is 0 Å². The van der Waals surface area contributed by atoms with Crippen LogP contribution in [-0.4, -0.2) is 39.1 Å². The van der Waals surface area contributed by atoms with Crippen LogP contribution in [0.25, 0.3) is 0 Å². The van der Waals surface area contributed by atoms with Crippen LogP contribution in [0, 0.1) is 0 Å². The Bertz CT molecular complexity index is 1170. The van der Waals surface area contributed by atoms with E-state index in [1.807, 2.05) is 67.6 Å². The molecule has 1 N–H and O–H groups in total. The van der Waals surface area contributed by atoms with Crippen LogP contribution in [0.1, 0.15) is 29.7 Å². The molecule has 4 rings (SSSR count). The number of hydrogen-bond acceptors (Lipinski definition) is 7. The van der Waals surface area contributed by atoms with Crippen molar-refractivity contribution in [1.82, 2.24) is 5.32 Å². The van der Waals surface area contributed by atoms with E-state index in [1.54, 1.807) is 13.2 Å². The van der Waals surface area contributed by atoms with Crippen LogP contribution in [0.2, 0.25) is 0 Å². The van der Waals surface area contributed by atoms with E-state index in [0.717, 1.165) is 16.7 Å². The monoisotopic (exact) mass is 476 g/mol. The van der Waals surface area contributed by atoms with E-state index in [9.17, 15) is 4.79 Å². The Morgan fingerprint density at radius 3 is 2.63 bits per heavy atom. The lowest BCUT2D eigenvalue weighted by molar-refractivity contribution is -0.126. The largest absolute Gasteiger partial charge is 0.493 e. The molecule has 0 radical (unpaired) electrons. The second-order valence-electron chi connectivity index (χ2n) is 7.88. The lowest BCUT2D eigenvalue weighted by atomic mass is 10.1. The topological polar surface area (TPSA) is 87.6 Å². The first-order chi connectivity index (χ1) is 17.1. The summed E-state index contributed by atoms with van der Waals surface area (Å²) in [7, 11) is 1.58. The molecular weight excluding hydrogens is 448 g/mol. The van der Waals surface area contributed by atoms with Crippen LogP contribution < -0.4 is 24.3 Å². The molecular formula is C27H28N2O6. The minimum Gasteiger partial charge on any atom is -0.493 e. The number of ether oxygens (including phenoxy) is 4. The van der Waals surface area contributed by atoms with Crippen molar-refractivity contribution in [3.63, 3.8) is 0 Å². The Labute approximate surface area is 204 Å². The Morgan fingerprint density at radius 1 is 1.03 bits per heavy atom. The summed E-state index contributed by atoms with van der Waals surface area (Å²) in [5.74, 6) is 2.32. The maximum absolute atomic E-state index is 12.3. The van der Waals surface area contributed by atoms with Crippen molar-refractivity contribution in [2.24, 2.45) is 5.16 Å². The molecule has 8 nitrogen and oxygen atoms in total. The van der Waals surface area contributed by atoms with Gasteiger partial charge in [0.25, 0.3) is 5.91 Å². The number of benzene rings is 3. The summed E-state index contributed by atoms with van der Waals surface area (Å²) in [4.78, 5) is 17.4. The van der Waals surface area contributed by atoms with Crippen LogP contribution >= 0.6 is 0 Å². The maximum atomic E-state index is 12.3. The highest BCUT2D eigenvalue weighted by Gasteiger charge is 2.16. The minimum atomic E-state index is -0.285. The first-order valence-electron chi connectivity index (χ1n) is 11.3. The van der Waals surface area contributed by atoms with Gasteiger partial charge in [-0.25, -0.2) is 0 Å². The summed E-state index contributed by atoms with van der Waals surface area (Å²) < 4.78 is 22.4. The second-order valence-corrected chi connectivity index (χ2v) is 7.88. The number of carbonyl (C=O) groups excluding carboxylic acids is 1. The SMILES string of the molecule is COc1cc(/C=N/OCC(=O)NC(C)c2ccc3c(c2)OCCO3)ccc1OCc1ccccc1. The van der Waals surface area contributed by atoms with Gasteiger partial charge in [-0.2, -0.15) is 0 Å². The number of fused-ring (bicyclic) bond motifs is 1. The first-order valence-corrected chi connectivity index (χ1v) is 11.3. The van der Waals surface area contributed by atoms with Gasteiger partial charge in [0.15, 0.2) is 29.6 Å². The molecule has 0 saturated heterocycles. The zero-order chi connectivity index (χ0) is 24.5. The summed E-state index contributed by atoms with van der Waals surface area (Å²) in [6, 6.07) is 20.7. The average Bonchev–Trinajstić information content (AvgIpc) is 2.90. The molecule has 1 atom stereocenters. The molecule has 1 aliphatic rings. The molecule has 1 unspecified atom stereocenters. The Hall–Kier alpha value is -4.20. The standard InChI is InChI=1S/C27H28N2O6/c1-19(22-9-11-24-26(15-22)33-13-12-32-24)29-27(30)18-35-28-16-21-8-10-23(25(14-21)31-2)34-17-20-6-4-3-5-7-20/h3-11,14-16,19H,12-13,17-18H2,1-2H3,(H,29,30)/b28-16+. The number of rotatable bonds is 10. The zero-order valence-corrected chi connectivity index (χ0v) is 19.7. The van der Waals surface area contributed by atoms with Crippen LogP contribution in [0.15, 0.2) is 71.9 Å². The predicted octanol–water partition coefficient (Wildman–Crippen LogP) is 4.27. The lowest BCUT2D eigenvalue weighted by Crippen LogP contribution is -2.29. The molecule has 0 saturated carbocycles. The molecule has 0 aliphatic carbocycles. The van der Waals surface area contributed by atoms with Crippen LogP contribution in [0.5, 0.6) is 23.0 Å². The van der Waals surface area contributed by atoms with E-state index >= 15 is 0 Å². The maximum Gasteiger partial charge on any atom is 0.261 e. The highest BCUT2D eigenvalue weighted by Crippen LogP contribution is 2.32. The molecule has 0 aromatic heterocycles. The highest BCUT2D eigenvalue weighted by molar-refractivity contribution is 5.81. The molecule has 8 heteroatoms. The third-order valence-corrected chi connectivity index (χ3v) is 5.34. The first kappa shape index (κ1) is 23.9. The van der Waals surface area contributed by atoms with Gasteiger partial charge < -0.3 is 29.1 Å². The Kier molecular flexibility index (Phi) is 8.06. The number of oxime groups is 1. The van der Waals surface area contributed by atoms with Gasteiger partial charge in [0.2, 0.25) is 0 Å². The van der Waals surface area contributed by atoms with Crippen molar-refractivity contribution in [2.75, 3.05) is 26.9 Å². The van der Waals surface area contributed by atoms with Crippen molar-refractivity contribution >= 4 is 12.1 Å². The minimum absolute atomic E-state index is 0.208. The number of carbonyl (C=O) groups is 1. The zero-order valence-electron chi connectivity index (χ0n) is 19.7. The summed E-state index contributed by atoms with van der Waals surface area (Å²) in [6.07, 6.45) is 1.51. The van der Waals surface area contributed by atoms with Gasteiger partial charge in [-0.05, 0) is 48.4 Å². The smallest absolute Gasteiger partial charge is 0.261 e. The van der Waals surface area contributed by atoms with Crippen molar-refractivity contribution < 1.29 is 28.6 Å². The van der Waals surface area contributed by atoms with E-state index in [4.69, 9.17) is 23.8 Å². The highest BCUT2D eigenvalue weighted by atomic mass is 16.6. The molecule has 0 spiro atoms. The van der Waals surface area contributed by atoms with Crippen molar-refractivity contribution in [3.05, 3.63) is 83.4 Å². The van der Waals surface area contributed by atoms with Crippen molar-refractivity contribution in [3.8, 4) is 23.0 Å². The number of hydrogen-bond donors (Lipinski definition) is 1. The van der Waals surface area contributed by atoms with Crippen LogP contribution in [-0.2, 0) is 16.2 Å². The molecule has 35 heavy (non-hydrogen) atoms. The van der Waals surface area contributed by atoms with Crippen LogP contribution in [0.3, 0.4) is 0 Å². The fraction of sp³-hybridized carbons (Fsp3) is 0.259. The fourth-order valence-electron chi connectivity index (χ4n) is 3.51. The van der Waals surface area contributed by atoms with Crippen LogP contribution in [0.4, 0.5) is 0 Å². The third-order valence-electron chi connectivity index (χ3n) is 5.34. The second kappa shape index (κ2) is 11.8. The molecule has 1 amide bonds. The molecule has 3 aromatic rings. The molecule has 182 valence electrons. The van der Waals surface area contributed by atoms with Gasteiger partial charge in [0, 0.05) is 5.56 Å². The molecule has 3 aromatic carbocycles. The Morgan fingerprint density at radius 2 is 1.83 bits per heavy atom. The van der Waals surface area contributed by atoms with E-state index in [1.165, 1.54) is 6.21 Å². The quantitative estimate of drug-likeness (QED) is 0.347. The van der Waals surface area contributed by atoms with E-state index in [-0.39, 0.29) is 18.6 Å². The molecule has 1 aliphatic heterocycles. The summed E-state index contributed by atoms with van der Waals surface area (Å²) in [5, 5.41) is 6.78. The van der Waals surface area contributed by atoms with E-state index in [0.29, 0.717) is 42.8 Å². The van der Waals surface area contributed by atoms with Gasteiger partial charge in [0.1, 0.15) is 19.8 Å².